The van der Waals surface area contributed by atoms with Gasteiger partial charge in [-0.2, -0.15) is 0 Å². The third-order valence-electron chi connectivity index (χ3n) is 4.49. The van der Waals surface area contributed by atoms with Crippen LogP contribution in [0.5, 0.6) is 0 Å². The third-order valence-corrected chi connectivity index (χ3v) is 4.49. The van der Waals surface area contributed by atoms with Crippen LogP contribution in [0, 0.1) is 15.5 Å². The number of ether oxygens (including phenoxy) is 3. The lowest BCUT2D eigenvalue weighted by molar-refractivity contribution is -0.758. The molecule has 0 aromatic rings. The summed E-state index contributed by atoms with van der Waals surface area (Å²) in [6.45, 7) is 1.22. The average Bonchev–Trinajstić information content (AvgIpc) is 2.63. The highest BCUT2D eigenvalue weighted by atomic mass is 17.0. The van der Waals surface area contributed by atoms with E-state index in [1.807, 2.05) is 0 Å². The summed E-state index contributed by atoms with van der Waals surface area (Å²) in [5.74, 6) is -1.58. The quantitative estimate of drug-likeness (QED) is 0.147. The van der Waals surface area contributed by atoms with E-state index in [0.29, 0.717) is 0 Å². The van der Waals surface area contributed by atoms with Crippen molar-refractivity contribution < 1.29 is 43.6 Å². The second kappa shape index (κ2) is 12.8. The topological polar surface area (TPSA) is 164 Å². The second-order valence-corrected chi connectivity index (χ2v) is 6.87. The SMILES string of the molecule is CC(OC(=O)CCOCCO[N+](=O)[O-])OC(=O)NCC1(CC(=O)O)CCCCC1. The molecular weight excluding hydrogens is 392 g/mol. The number of carbonyl (C=O) groups is 3. The Balaban J connectivity index is 2.24. The zero-order valence-corrected chi connectivity index (χ0v) is 16.4. The number of aliphatic carboxylic acids is 1. The number of amides is 1. The normalized spacial score (nSPS) is 16.3. The van der Waals surface area contributed by atoms with Gasteiger partial charge in [0.1, 0.15) is 6.61 Å². The van der Waals surface area contributed by atoms with Crippen molar-refractivity contribution in [1.29, 1.82) is 0 Å². The zero-order valence-electron chi connectivity index (χ0n) is 16.4. The molecule has 1 aliphatic rings. The molecule has 1 rings (SSSR count). The van der Waals surface area contributed by atoms with Crippen molar-refractivity contribution in [3.05, 3.63) is 10.1 Å². The van der Waals surface area contributed by atoms with Gasteiger partial charge in [-0.05, 0) is 18.3 Å². The number of nitrogens with one attached hydrogen (secondary N) is 1. The highest BCUT2D eigenvalue weighted by Crippen LogP contribution is 2.38. The summed E-state index contributed by atoms with van der Waals surface area (Å²) < 4.78 is 14.8. The summed E-state index contributed by atoms with van der Waals surface area (Å²) in [7, 11) is 0. The van der Waals surface area contributed by atoms with Crippen molar-refractivity contribution in [2.45, 2.75) is 58.2 Å². The molecule has 0 spiro atoms. The van der Waals surface area contributed by atoms with Gasteiger partial charge in [0.05, 0.1) is 26.1 Å². The Morgan fingerprint density at radius 3 is 2.45 bits per heavy atom. The lowest BCUT2D eigenvalue weighted by Gasteiger charge is -2.36. The van der Waals surface area contributed by atoms with E-state index in [4.69, 9.17) is 19.3 Å². The van der Waals surface area contributed by atoms with Crippen LogP contribution in [-0.2, 0) is 28.6 Å². The Labute approximate surface area is 167 Å². The Kier molecular flexibility index (Phi) is 10.7. The summed E-state index contributed by atoms with van der Waals surface area (Å²) in [6, 6.07) is 0. The van der Waals surface area contributed by atoms with E-state index in [-0.39, 0.29) is 39.2 Å². The number of esters is 1. The van der Waals surface area contributed by atoms with Crippen LogP contribution in [0.1, 0.15) is 51.9 Å². The molecule has 2 N–H and O–H groups in total. The van der Waals surface area contributed by atoms with Gasteiger partial charge in [-0.3, -0.25) is 9.59 Å². The van der Waals surface area contributed by atoms with Crippen LogP contribution in [0.25, 0.3) is 0 Å². The van der Waals surface area contributed by atoms with E-state index in [1.54, 1.807) is 0 Å². The molecular formula is C17H28N2O10. The molecule has 1 saturated carbocycles. The molecule has 1 amide bonds. The number of rotatable bonds is 13. The van der Waals surface area contributed by atoms with E-state index < -0.39 is 34.8 Å². The van der Waals surface area contributed by atoms with Crippen LogP contribution in [0.15, 0.2) is 0 Å². The number of hydrogen-bond acceptors (Lipinski definition) is 9. The lowest BCUT2D eigenvalue weighted by atomic mass is 9.72. The first-order valence-electron chi connectivity index (χ1n) is 9.43. The second-order valence-electron chi connectivity index (χ2n) is 6.87. The summed E-state index contributed by atoms with van der Waals surface area (Å²) in [5.41, 5.74) is -0.487. The first-order chi connectivity index (χ1) is 13.7. The summed E-state index contributed by atoms with van der Waals surface area (Å²) in [5, 5.41) is 20.7. The van der Waals surface area contributed by atoms with Crippen molar-refractivity contribution in [1.82, 2.24) is 5.32 Å². The zero-order chi connectivity index (χ0) is 21.7. The molecule has 1 unspecified atom stereocenters. The molecule has 0 aromatic heterocycles. The predicted octanol–water partition coefficient (Wildman–Crippen LogP) is 1.64. The van der Waals surface area contributed by atoms with Gasteiger partial charge in [0, 0.05) is 13.5 Å². The molecule has 0 aliphatic heterocycles. The molecule has 1 atom stereocenters. The molecule has 166 valence electrons. The molecule has 0 heterocycles. The maximum atomic E-state index is 11.9. The molecule has 29 heavy (non-hydrogen) atoms. The Bertz CT molecular complexity index is 562. The minimum atomic E-state index is -1.14. The van der Waals surface area contributed by atoms with Crippen molar-refractivity contribution in [3.63, 3.8) is 0 Å². The molecule has 12 heteroatoms. The number of carboxylic acid groups (broad SMARTS) is 1. The molecule has 1 fully saturated rings. The fourth-order valence-electron chi connectivity index (χ4n) is 3.19. The van der Waals surface area contributed by atoms with Crippen LogP contribution < -0.4 is 5.32 Å². The monoisotopic (exact) mass is 420 g/mol. The van der Waals surface area contributed by atoms with Crippen LogP contribution in [0.3, 0.4) is 0 Å². The van der Waals surface area contributed by atoms with Gasteiger partial charge in [0.25, 0.3) is 5.09 Å². The highest BCUT2D eigenvalue weighted by molar-refractivity contribution is 5.71. The number of hydrogen-bond donors (Lipinski definition) is 2. The lowest BCUT2D eigenvalue weighted by Crippen LogP contribution is -2.41. The van der Waals surface area contributed by atoms with E-state index in [2.05, 4.69) is 10.2 Å². The van der Waals surface area contributed by atoms with E-state index in [9.17, 15) is 24.5 Å². The van der Waals surface area contributed by atoms with Crippen LogP contribution in [0.4, 0.5) is 4.79 Å². The van der Waals surface area contributed by atoms with Gasteiger partial charge in [0.2, 0.25) is 6.29 Å². The van der Waals surface area contributed by atoms with Crippen molar-refractivity contribution in [2.75, 3.05) is 26.4 Å². The van der Waals surface area contributed by atoms with Crippen molar-refractivity contribution in [2.24, 2.45) is 5.41 Å². The average molecular weight is 420 g/mol. The maximum absolute atomic E-state index is 11.9. The van der Waals surface area contributed by atoms with Crippen LogP contribution >= 0.6 is 0 Å². The van der Waals surface area contributed by atoms with E-state index in [1.165, 1.54) is 6.92 Å². The third kappa shape index (κ3) is 11.1. The number of carbonyl (C=O) groups excluding carboxylic acids is 2. The summed E-state index contributed by atoms with van der Waals surface area (Å²) >= 11 is 0. The van der Waals surface area contributed by atoms with Crippen LogP contribution in [0.2, 0.25) is 0 Å². The molecule has 12 nitrogen and oxygen atoms in total. The minimum Gasteiger partial charge on any atom is -0.481 e. The first-order valence-corrected chi connectivity index (χ1v) is 9.43. The number of carboxylic acids is 1. The fraction of sp³-hybridized carbons (Fsp3) is 0.824. The Morgan fingerprint density at radius 1 is 1.14 bits per heavy atom. The van der Waals surface area contributed by atoms with Crippen molar-refractivity contribution >= 4 is 18.0 Å². The molecule has 0 bridgehead atoms. The van der Waals surface area contributed by atoms with Crippen LogP contribution in [-0.4, -0.2) is 60.9 Å². The number of alkyl carbamates (subject to hydrolysis) is 1. The molecule has 0 radical (unpaired) electrons. The smallest absolute Gasteiger partial charge is 0.410 e. The van der Waals surface area contributed by atoms with Gasteiger partial charge in [-0.25, -0.2) is 4.79 Å². The summed E-state index contributed by atoms with van der Waals surface area (Å²) in [4.78, 5) is 48.7. The maximum Gasteiger partial charge on any atom is 0.410 e. The van der Waals surface area contributed by atoms with Gasteiger partial charge >= 0.3 is 18.0 Å². The molecule has 0 saturated heterocycles. The van der Waals surface area contributed by atoms with Gasteiger partial charge in [0.15, 0.2) is 0 Å². The van der Waals surface area contributed by atoms with E-state index >= 15 is 0 Å². The fourth-order valence-corrected chi connectivity index (χ4v) is 3.19. The Morgan fingerprint density at radius 2 is 1.83 bits per heavy atom. The minimum absolute atomic E-state index is 0.0233. The van der Waals surface area contributed by atoms with E-state index in [0.717, 1.165) is 32.1 Å². The largest absolute Gasteiger partial charge is 0.481 e. The molecule has 1 aliphatic carbocycles. The highest BCUT2D eigenvalue weighted by Gasteiger charge is 2.35. The summed E-state index contributed by atoms with van der Waals surface area (Å²) in [6.07, 6.45) is 2.23. The first kappa shape index (κ1) is 24.4. The number of nitrogens with zero attached hydrogens (tertiary/aromatic N) is 1. The standard InChI is InChI=1S/C17H28N2O10/c1-13(28-15(22)5-8-26-9-10-27-19(24)25)29-16(23)18-12-17(11-14(20)21)6-3-2-4-7-17/h13H,2-12H2,1H3,(H,18,23)(H,20,21). The van der Waals surface area contributed by atoms with Crippen molar-refractivity contribution in [3.8, 4) is 0 Å². The van der Waals surface area contributed by atoms with Gasteiger partial charge in [-0.1, -0.05) is 19.3 Å². The van der Waals surface area contributed by atoms with Gasteiger partial charge in [-0.15, -0.1) is 10.1 Å². The predicted molar refractivity (Wildman–Crippen MR) is 96.2 cm³/mol. The molecule has 0 aromatic carbocycles. The van der Waals surface area contributed by atoms with Gasteiger partial charge < -0.3 is 29.5 Å². The Hall–Kier alpha value is -2.63.